The molecule has 0 saturated carbocycles. The molecule has 1 N–H and O–H groups in total. The number of hydrogen-bond donors (Lipinski definition) is 1. The Morgan fingerprint density at radius 3 is 2.38 bits per heavy atom. The second-order valence-corrected chi connectivity index (χ2v) is 8.44. The van der Waals surface area contributed by atoms with E-state index in [1.807, 2.05) is 12.1 Å². The van der Waals surface area contributed by atoms with Crippen molar-refractivity contribution in [3.05, 3.63) is 64.7 Å². The molecule has 3 rings (SSSR count). The van der Waals surface area contributed by atoms with Gasteiger partial charge in [-0.15, -0.1) is 0 Å². The molecule has 1 aliphatic carbocycles. The monoisotopic (exact) mass is 343 g/mol. The van der Waals surface area contributed by atoms with Crippen LogP contribution in [0.1, 0.15) is 45.6 Å². The predicted molar refractivity (Wildman–Crippen MR) is 93.9 cm³/mol. The Bertz CT molecular complexity index is 870. The lowest BCUT2D eigenvalue weighted by Gasteiger charge is -2.15. The van der Waals surface area contributed by atoms with Crippen molar-refractivity contribution in [1.82, 2.24) is 5.32 Å². The maximum Gasteiger partial charge on any atom is 0.251 e. The van der Waals surface area contributed by atoms with Crippen molar-refractivity contribution in [2.45, 2.75) is 36.3 Å². The quantitative estimate of drug-likeness (QED) is 0.928. The fraction of sp³-hybridized carbons (Fsp3) is 0.316. The summed E-state index contributed by atoms with van der Waals surface area (Å²) in [6.45, 7) is 1.72. The van der Waals surface area contributed by atoms with Gasteiger partial charge in [0.25, 0.3) is 5.91 Å². The maximum absolute atomic E-state index is 12.9. The molecule has 1 atom stereocenters. The summed E-state index contributed by atoms with van der Waals surface area (Å²) >= 11 is 0. The van der Waals surface area contributed by atoms with Gasteiger partial charge in [0.15, 0.2) is 9.84 Å². The van der Waals surface area contributed by atoms with E-state index in [-0.39, 0.29) is 10.8 Å². The standard InChI is InChI=1S/C19H21NO3S/c1-13(16-7-6-14-4-3-5-17(14)12-16)24(22,23)18-10-8-15(9-11-18)19(21)20-2/h6-13H,3-5H2,1-2H3,(H,20,21). The van der Waals surface area contributed by atoms with Crippen LogP contribution < -0.4 is 5.32 Å². The zero-order valence-corrected chi connectivity index (χ0v) is 14.7. The molecule has 5 heteroatoms. The minimum Gasteiger partial charge on any atom is -0.355 e. The molecule has 0 bridgehead atoms. The number of sulfone groups is 1. The third-order valence-corrected chi connectivity index (χ3v) is 6.86. The lowest BCUT2D eigenvalue weighted by atomic mass is 10.0. The van der Waals surface area contributed by atoms with Crippen molar-refractivity contribution in [2.24, 2.45) is 0 Å². The summed E-state index contributed by atoms with van der Waals surface area (Å²) in [5.74, 6) is -0.231. The average molecular weight is 343 g/mol. The van der Waals surface area contributed by atoms with Gasteiger partial charge in [-0.1, -0.05) is 18.2 Å². The van der Waals surface area contributed by atoms with E-state index in [9.17, 15) is 13.2 Å². The van der Waals surface area contributed by atoms with Crippen LogP contribution in [0.25, 0.3) is 0 Å². The summed E-state index contributed by atoms with van der Waals surface area (Å²) < 4.78 is 25.8. The summed E-state index contributed by atoms with van der Waals surface area (Å²) in [4.78, 5) is 11.8. The molecule has 2 aromatic rings. The van der Waals surface area contributed by atoms with Gasteiger partial charge in [-0.05, 0) is 67.1 Å². The van der Waals surface area contributed by atoms with E-state index >= 15 is 0 Å². The van der Waals surface area contributed by atoms with Crippen LogP contribution in [0.3, 0.4) is 0 Å². The number of fused-ring (bicyclic) bond motifs is 1. The van der Waals surface area contributed by atoms with E-state index in [0.29, 0.717) is 5.56 Å². The smallest absolute Gasteiger partial charge is 0.251 e. The first kappa shape index (κ1) is 16.7. The molecular formula is C19H21NO3S. The van der Waals surface area contributed by atoms with Crippen LogP contribution in [-0.2, 0) is 22.7 Å². The molecule has 0 saturated heterocycles. The number of carbonyl (C=O) groups is 1. The molecule has 0 aliphatic heterocycles. The van der Waals surface area contributed by atoms with Crippen LogP contribution >= 0.6 is 0 Å². The maximum atomic E-state index is 12.9. The lowest BCUT2D eigenvalue weighted by Crippen LogP contribution is -2.18. The molecule has 24 heavy (non-hydrogen) atoms. The van der Waals surface area contributed by atoms with Crippen LogP contribution in [0.5, 0.6) is 0 Å². The van der Waals surface area contributed by atoms with E-state index in [1.165, 1.54) is 23.3 Å². The van der Waals surface area contributed by atoms with E-state index in [2.05, 4.69) is 11.4 Å². The highest BCUT2D eigenvalue weighted by Crippen LogP contribution is 2.32. The molecule has 0 spiro atoms. The van der Waals surface area contributed by atoms with Gasteiger partial charge in [0.05, 0.1) is 10.1 Å². The number of aryl methyl sites for hydroxylation is 2. The van der Waals surface area contributed by atoms with Crippen molar-refractivity contribution >= 4 is 15.7 Å². The molecule has 1 unspecified atom stereocenters. The molecule has 0 aromatic heterocycles. The van der Waals surface area contributed by atoms with E-state index in [4.69, 9.17) is 0 Å². The highest BCUT2D eigenvalue weighted by atomic mass is 32.2. The van der Waals surface area contributed by atoms with Gasteiger partial charge < -0.3 is 5.32 Å². The zero-order valence-electron chi connectivity index (χ0n) is 13.9. The predicted octanol–water partition coefficient (Wildman–Crippen LogP) is 3.07. The fourth-order valence-corrected chi connectivity index (χ4v) is 4.60. The molecule has 0 fully saturated rings. The van der Waals surface area contributed by atoms with Crippen LogP contribution in [0, 0.1) is 0 Å². The summed E-state index contributed by atoms with van der Waals surface area (Å²) in [5.41, 5.74) is 3.87. The highest BCUT2D eigenvalue weighted by molar-refractivity contribution is 7.91. The largest absolute Gasteiger partial charge is 0.355 e. The molecule has 1 amide bonds. The number of nitrogens with one attached hydrogen (secondary N) is 1. The topological polar surface area (TPSA) is 63.2 Å². The van der Waals surface area contributed by atoms with E-state index < -0.39 is 15.1 Å². The van der Waals surface area contributed by atoms with Crippen molar-refractivity contribution in [3.8, 4) is 0 Å². The van der Waals surface area contributed by atoms with Crippen LogP contribution in [0.4, 0.5) is 0 Å². The van der Waals surface area contributed by atoms with E-state index in [1.54, 1.807) is 26.1 Å². The fourth-order valence-electron chi connectivity index (χ4n) is 3.17. The zero-order chi connectivity index (χ0) is 17.3. The Labute approximate surface area is 142 Å². The Morgan fingerprint density at radius 1 is 1.04 bits per heavy atom. The van der Waals surface area contributed by atoms with E-state index in [0.717, 1.165) is 24.8 Å². The average Bonchev–Trinajstić information content (AvgIpc) is 3.08. The third kappa shape index (κ3) is 2.96. The SMILES string of the molecule is CNC(=O)c1ccc(S(=O)(=O)C(C)c2ccc3c(c2)CCC3)cc1. The Hall–Kier alpha value is -2.14. The van der Waals surface area contributed by atoms with Gasteiger partial charge in [-0.25, -0.2) is 8.42 Å². The minimum absolute atomic E-state index is 0.231. The summed E-state index contributed by atoms with van der Waals surface area (Å²) in [5, 5.41) is 1.91. The highest BCUT2D eigenvalue weighted by Gasteiger charge is 2.26. The number of rotatable bonds is 4. The first-order valence-electron chi connectivity index (χ1n) is 8.11. The van der Waals surface area contributed by atoms with Crippen LogP contribution in [-0.4, -0.2) is 21.4 Å². The Morgan fingerprint density at radius 2 is 1.71 bits per heavy atom. The van der Waals surface area contributed by atoms with Crippen molar-refractivity contribution in [2.75, 3.05) is 7.05 Å². The normalized spacial score (nSPS) is 14.9. The Balaban J connectivity index is 1.90. The van der Waals surface area contributed by atoms with Crippen LogP contribution in [0.2, 0.25) is 0 Å². The first-order chi connectivity index (χ1) is 11.4. The summed E-state index contributed by atoms with van der Waals surface area (Å²) in [6.07, 6.45) is 3.25. The molecule has 126 valence electrons. The summed E-state index contributed by atoms with van der Waals surface area (Å²) in [7, 11) is -1.95. The second kappa shape index (κ2) is 6.40. The molecule has 1 aliphatic rings. The molecule has 0 heterocycles. The second-order valence-electron chi connectivity index (χ2n) is 6.17. The van der Waals surface area contributed by atoms with Crippen molar-refractivity contribution in [3.63, 3.8) is 0 Å². The van der Waals surface area contributed by atoms with Gasteiger partial charge in [0.2, 0.25) is 0 Å². The summed E-state index contributed by atoms with van der Waals surface area (Å²) in [6, 6.07) is 12.1. The van der Waals surface area contributed by atoms with Gasteiger partial charge in [0, 0.05) is 12.6 Å². The molecular weight excluding hydrogens is 322 g/mol. The van der Waals surface area contributed by atoms with Gasteiger partial charge >= 0.3 is 0 Å². The number of benzene rings is 2. The van der Waals surface area contributed by atoms with Crippen LogP contribution in [0.15, 0.2) is 47.4 Å². The van der Waals surface area contributed by atoms with Gasteiger partial charge in [-0.2, -0.15) is 0 Å². The number of amides is 1. The Kier molecular flexibility index (Phi) is 4.45. The number of carbonyl (C=O) groups excluding carboxylic acids is 1. The third-order valence-electron chi connectivity index (χ3n) is 4.73. The van der Waals surface area contributed by atoms with Crippen molar-refractivity contribution in [1.29, 1.82) is 0 Å². The van der Waals surface area contributed by atoms with Gasteiger partial charge in [0.1, 0.15) is 0 Å². The molecule has 0 radical (unpaired) electrons. The lowest BCUT2D eigenvalue weighted by molar-refractivity contribution is 0.0963. The first-order valence-corrected chi connectivity index (χ1v) is 9.66. The molecule has 2 aromatic carbocycles. The van der Waals surface area contributed by atoms with Gasteiger partial charge in [-0.3, -0.25) is 4.79 Å². The van der Waals surface area contributed by atoms with Crippen molar-refractivity contribution < 1.29 is 13.2 Å². The number of hydrogen-bond acceptors (Lipinski definition) is 3. The minimum atomic E-state index is -3.49. The molecule has 4 nitrogen and oxygen atoms in total.